The summed E-state index contributed by atoms with van der Waals surface area (Å²) in [6.07, 6.45) is 5.03. The molecule has 27 heavy (non-hydrogen) atoms. The van der Waals surface area contributed by atoms with Crippen LogP contribution in [0.2, 0.25) is 0 Å². The van der Waals surface area contributed by atoms with Crippen molar-refractivity contribution in [1.29, 1.82) is 0 Å². The number of benzene rings is 1. The summed E-state index contributed by atoms with van der Waals surface area (Å²) in [5, 5.41) is 0. The van der Waals surface area contributed by atoms with E-state index in [9.17, 15) is 9.59 Å². The molecule has 1 aromatic carbocycles. The molecular weight excluding hydrogens is 338 g/mol. The van der Waals surface area contributed by atoms with E-state index in [4.69, 9.17) is 0 Å². The maximum atomic E-state index is 12.9. The fraction of sp³-hybridized carbons (Fsp3) is 0.455. The molecule has 0 N–H and O–H groups in total. The van der Waals surface area contributed by atoms with Crippen LogP contribution >= 0.6 is 0 Å². The molecule has 0 aliphatic heterocycles. The van der Waals surface area contributed by atoms with Gasteiger partial charge in [-0.2, -0.15) is 0 Å². The highest BCUT2D eigenvalue weighted by molar-refractivity contribution is 5.84. The first-order valence-electron chi connectivity index (χ1n) is 9.81. The molecule has 2 aromatic rings. The number of hydrogen-bond acceptors (Lipinski definition) is 2. The van der Waals surface area contributed by atoms with Gasteiger partial charge in [0, 0.05) is 37.9 Å². The summed E-state index contributed by atoms with van der Waals surface area (Å²) in [5.41, 5.74) is 2.37. The van der Waals surface area contributed by atoms with Gasteiger partial charge in [0.15, 0.2) is 0 Å². The Hall–Kier alpha value is -2.56. The van der Waals surface area contributed by atoms with Crippen LogP contribution in [0.15, 0.2) is 48.7 Å². The fourth-order valence-electron chi connectivity index (χ4n) is 3.38. The van der Waals surface area contributed by atoms with Crippen LogP contribution < -0.4 is 0 Å². The zero-order valence-corrected chi connectivity index (χ0v) is 16.3. The van der Waals surface area contributed by atoms with Crippen LogP contribution in [0.1, 0.15) is 44.4 Å². The summed E-state index contributed by atoms with van der Waals surface area (Å²) >= 11 is 0. The topological polar surface area (TPSA) is 45.6 Å². The molecule has 0 radical (unpaired) electrons. The van der Waals surface area contributed by atoms with E-state index in [2.05, 4.69) is 29.0 Å². The number of aromatic nitrogens is 1. The molecule has 0 atom stereocenters. The molecule has 144 valence electrons. The average Bonchev–Trinajstić information content (AvgIpc) is 3.41. The Kier molecular flexibility index (Phi) is 6.32. The summed E-state index contributed by atoms with van der Waals surface area (Å²) in [5.74, 6) is 0.0158. The van der Waals surface area contributed by atoms with Crippen molar-refractivity contribution in [3.63, 3.8) is 0 Å². The summed E-state index contributed by atoms with van der Waals surface area (Å²) in [4.78, 5) is 28.4. The standard InChI is InChI=1S/C22H29N3O2/c1-3-13-23(18(2)26)17-22(27)25(20-11-12-20)16-21-10-7-14-24(21)15-19-8-5-4-6-9-19/h4-10,14,20H,3,11-13,15-17H2,1-2H3. The van der Waals surface area contributed by atoms with Crippen LogP contribution in [0.25, 0.3) is 0 Å². The third-order valence-electron chi connectivity index (χ3n) is 5.02. The Morgan fingerprint density at radius 3 is 2.48 bits per heavy atom. The Bertz CT molecular complexity index is 765. The number of hydrogen-bond donors (Lipinski definition) is 0. The zero-order valence-electron chi connectivity index (χ0n) is 16.3. The van der Waals surface area contributed by atoms with Gasteiger partial charge in [0.2, 0.25) is 11.8 Å². The molecule has 1 saturated carbocycles. The molecule has 1 heterocycles. The van der Waals surface area contributed by atoms with Gasteiger partial charge in [-0.15, -0.1) is 0 Å². The Morgan fingerprint density at radius 2 is 1.85 bits per heavy atom. The largest absolute Gasteiger partial charge is 0.345 e. The van der Waals surface area contributed by atoms with Crippen molar-refractivity contribution in [3.05, 3.63) is 59.9 Å². The highest BCUT2D eigenvalue weighted by atomic mass is 16.2. The minimum atomic E-state index is -0.0339. The van der Waals surface area contributed by atoms with E-state index in [1.54, 1.807) is 4.90 Å². The third kappa shape index (κ3) is 5.22. The smallest absolute Gasteiger partial charge is 0.242 e. The minimum absolute atomic E-state index is 0.0339. The molecule has 1 aliphatic rings. The summed E-state index contributed by atoms with van der Waals surface area (Å²) in [6.45, 7) is 5.76. The molecule has 1 fully saturated rings. The van der Waals surface area contributed by atoms with E-state index >= 15 is 0 Å². The van der Waals surface area contributed by atoms with Gasteiger partial charge in [-0.3, -0.25) is 9.59 Å². The molecule has 0 spiro atoms. The van der Waals surface area contributed by atoms with Gasteiger partial charge in [-0.05, 0) is 37.0 Å². The number of amides is 2. The van der Waals surface area contributed by atoms with Crippen molar-refractivity contribution >= 4 is 11.8 Å². The lowest BCUT2D eigenvalue weighted by Gasteiger charge is -2.27. The second-order valence-electron chi connectivity index (χ2n) is 7.31. The molecular formula is C22H29N3O2. The van der Waals surface area contributed by atoms with E-state index in [1.165, 1.54) is 12.5 Å². The predicted molar refractivity (Wildman–Crippen MR) is 106 cm³/mol. The molecule has 5 heteroatoms. The zero-order chi connectivity index (χ0) is 19.2. The van der Waals surface area contributed by atoms with Crippen molar-refractivity contribution in [2.45, 2.75) is 52.2 Å². The SMILES string of the molecule is CCCN(CC(=O)N(Cc1cccn1Cc1ccccc1)C1CC1)C(C)=O. The molecule has 3 rings (SSSR count). The maximum Gasteiger partial charge on any atom is 0.242 e. The average molecular weight is 367 g/mol. The van der Waals surface area contributed by atoms with Crippen molar-refractivity contribution < 1.29 is 9.59 Å². The van der Waals surface area contributed by atoms with Crippen LogP contribution in [0.3, 0.4) is 0 Å². The second-order valence-corrected chi connectivity index (χ2v) is 7.31. The fourth-order valence-corrected chi connectivity index (χ4v) is 3.38. The maximum absolute atomic E-state index is 12.9. The van der Waals surface area contributed by atoms with Gasteiger partial charge in [0.1, 0.15) is 0 Å². The van der Waals surface area contributed by atoms with E-state index in [-0.39, 0.29) is 18.4 Å². The Labute approximate surface area is 161 Å². The third-order valence-corrected chi connectivity index (χ3v) is 5.02. The van der Waals surface area contributed by atoms with Crippen LogP contribution in [0, 0.1) is 0 Å². The first-order valence-corrected chi connectivity index (χ1v) is 9.81. The monoisotopic (exact) mass is 367 g/mol. The predicted octanol–water partition coefficient (Wildman–Crippen LogP) is 3.29. The van der Waals surface area contributed by atoms with Crippen LogP contribution in [-0.2, 0) is 22.7 Å². The van der Waals surface area contributed by atoms with Crippen molar-refractivity contribution in [2.75, 3.05) is 13.1 Å². The Balaban J connectivity index is 1.69. The molecule has 5 nitrogen and oxygen atoms in total. The lowest BCUT2D eigenvalue weighted by molar-refractivity contribution is -0.140. The number of rotatable bonds is 9. The highest BCUT2D eigenvalue weighted by Gasteiger charge is 2.33. The first-order chi connectivity index (χ1) is 13.1. The van der Waals surface area contributed by atoms with E-state index in [0.29, 0.717) is 19.1 Å². The molecule has 1 aliphatic carbocycles. The van der Waals surface area contributed by atoms with E-state index in [1.807, 2.05) is 36.1 Å². The molecule has 2 amide bonds. The van der Waals surface area contributed by atoms with Gasteiger partial charge in [0.25, 0.3) is 0 Å². The minimum Gasteiger partial charge on any atom is -0.345 e. The summed E-state index contributed by atoms with van der Waals surface area (Å²) in [7, 11) is 0. The molecule has 1 aromatic heterocycles. The van der Waals surface area contributed by atoms with Crippen LogP contribution in [0.5, 0.6) is 0 Å². The van der Waals surface area contributed by atoms with Crippen molar-refractivity contribution in [2.24, 2.45) is 0 Å². The number of carbonyl (C=O) groups excluding carboxylic acids is 2. The number of carbonyl (C=O) groups is 2. The van der Waals surface area contributed by atoms with Crippen LogP contribution in [0.4, 0.5) is 0 Å². The second kappa shape index (κ2) is 8.89. The molecule has 0 saturated heterocycles. The van der Waals surface area contributed by atoms with E-state index in [0.717, 1.165) is 31.5 Å². The molecule has 0 bridgehead atoms. The van der Waals surface area contributed by atoms with Gasteiger partial charge in [-0.25, -0.2) is 0 Å². The first kappa shape index (κ1) is 19.2. The normalized spacial score (nSPS) is 13.4. The van der Waals surface area contributed by atoms with Crippen LogP contribution in [-0.4, -0.2) is 45.3 Å². The lowest BCUT2D eigenvalue weighted by atomic mass is 10.2. The van der Waals surface area contributed by atoms with Crippen molar-refractivity contribution in [1.82, 2.24) is 14.4 Å². The number of nitrogens with zero attached hydrogens (tertiary/aromatic N) is 3. The van der Waals surface area contributed by atoms with Gasteiger partial charge < -0.3 is 14.4 Å². The van der Waals surface area contributed by atoms with Gasteiger partial charge in [0.05, 0.1) is 13.1 Å². The summed E-state index contributed by atoms with van der Waals surface area (Å²) < 4.78 is 2.20. The summed E-state index contributed by atoms with van der Waals surface area (Å²) in [6, 6.07) is 14.8. The van der Waals surface area contributed by atoms with E-state index < -0.39 is 0 Å². The van der Waals surface area contributed by atoms with Crippen molar-refractivity contribution in [3.8, 4) is 0 Å². The molecule has 0 unspecified atom stereocenters. The lowest BCUT2D eigenvalue weighted by Crippen LogP contribution is -2.43. The quantitative estimate of drug-likeness (QED) is 0.683. The Morgan fingerprint density at radius 1 is 1.11 bits per heavy atom. The highest BCUT2D eigenvalue weighted by Crippen LogP contribution is 2.29. The van der Waals surface area contributed by atoms with Gasteiger partial charge in [-0.1, -0.05) is 37.3 Å². The van der Waals surface area contributed by atoms with Gasteiger partial charge >= 0.3 is 0 Å².